The third kappa shape index (κ3) is 3.65. The number of amides is 1. The summed E-state index contributed by atoms with van der Waals surface area (Å²) in [6.45, 7) is 1.53. The fourth-order valence-electron chi connectivity index (χ4n) is 1.70. The van der Waals surface area contributed by atoms with Crippen molar-refractivity contribution in [2.24, 2.45) is 0 Å². The van der Waals surface area contributed by atoms with E-state index >= 15 is 0 Å². The lowest BCUT2D eigenvalue weighted by atomic mass is 10.3. The monoisotopic (exact) mass is 292 g/mol. The Morgan fingerprint density at radius 1 is 1.29 bits per heavy atom. The van der Waals surface area contributed by atoms with Crippen molar-refractivity contribution in [1.82, 2.24) is 5.16 Å². The van der Waals surface area contributed by atoms with Gasteiger partial charge >= 0.3 is 0 Å². The van der Waals surface area contributed by atoms with Gasteiger partial charge in [-0.25, -0.2) is 0 Å². The van der Waals surface area contributed by atoms with Crippen LogP contribution in [0.25, 0.3) is 0 Å². The summed E-state index contributed by atoms with van der Waals surface area (Å²) in [5, 5.41) is 6.22. The summed E-state index contributed by atoms with van der Waals surface area (Å²) in [6.07, 6.45) is 0. The first-order valence-electron chi connectivity index (χ1n) is 6.21. The highest BCUT2D eigenvalue weighted by molar-refractivity contribution is 5.91. The van der Waals surface area contributed by atoms with E-state index in [4.69, 9.17) is 18.7 Å². The third-order valence-electron chi connectivity index (χ3n) is 2.63. The van der Waals surface area contributed by atoms with Crippen LogP contribution in [0.2, 0.25) is 0 Å². The molecule has 0 radical (unpaired) electrons. The van der Waals surface area contributed by atoms with E-state index in [9.17, 15) is 4.79 Å². The number of benzene rings is 1. The lowest BCUT2D eigenvalue weighted by Gasteiger charge is -2.13. The molecule has 1 aromatic carbocycles. The molecule has 1 heterocycles. The molecule has 0 aliphatic heterocycles. The maximum atomic E-state index is 11.8. The van der Waals surface area contributed by atoms with Gasteiger partial charge in [-0.1, -0.05) is 11.2 Å². The van der Waals surface area contributed by atoms with Crippen molar-refractivity contribution in [2.75, 3.05) is 26.1 Å². The Morgan fingerprint density at radius 3 is 2.48 bits per heavy atom. The van der Waals surface area contributed by atoms with Crippen molar-refractivity contribution < 1.29 is 23.5 Å². The lowest BCUT2D eigenvalue weighted by molar-refractivity contribution is -0.118. The van der Waals surface area contributed by atoms with Gasteiger partial charge in [0, 0.05) is 6.07 Å². The Morgan fingerprint density at radius 2 is 1.95 bits per heavy atom. The van der Waals surface area contributed by atoms with Crippen LogP contribution in [0.3, 0.4) is 0 Å². The van der Waals surface area contributed by atoms with Gasteiger partial charge in [0.1, 0.15) is 5.76 Å². The first kappa shape index (κ1) is 14.7. The smallest absolute Gasteiger partial charge is 0.263 e. The van der Waals surface area contributed by atoms with Crippen molar-refractivity contribution in [2.45, 2.75) is 6.92 Å². The minimum atomic E-state index is -0.365. The largest absolute Gasteiger partial charge is 0.493 e. The van der Waals surface area contributed by atoms with Gasteiger partial charge < -0.3 is 24.1 Å². The summed E-state index contributed by atoms with van der Waals surface area (Å²) < 4.78 is 20.7. The molecule has 0 spiro atoms. The van der Waals surface area contributed by atoms with Gasteiger partial charge in [0.25, 0.3) is 5.91 Å². The molecule has 1 amide bonds. The number of carbonyl (C=O) groups excluding carboxylic acids is 1. The van der Waals surface area contributed by atoms with Crippen LogP contribution in [-0.2, 0) is 4.79 Å². The Bertz CT molecular complexity index is 601. The number of hydrogen-bond donors (Lipinski definition) is 1. The number of hydrogen-bond acceptors (Lipinski definition) is 6. The molecule has 112 valence electrons. The van der Waals surface area contributed by atoms with Crippen LogP contribution in [0.1, 0.15) is 5.76 Å². The highest BCUT2D eigenvalue weighted by atomic mass is 16.5. The zero-order chi connectivity index (χ0) is 15.2. The second kappa shape index (κ2) is 6.65. The summed E-state index contributed by atoms with van der Waals surface area (Å²) >= 11 is 0. The number of para-hydroxylation sites is 1. The van der Waals surface area contributed by atoms with Crippen molar-refractivity contribution in [3.63, 3.8) is 0 Å². The number of aryl methyl sites for hydroxylation is 1. The van der Waals surface area contributed by atoms with E-state index in [1.807, 2.05) is 0 Å². The fraction of sp³-hybridized carbons (Fsp3) is 0.286. The van der Waals surface area contributed by atoms with E-state index in [1.165, 1.54) is 14.2 Å². The molecule has 1 aromatic heterocycles. The Kier molecular flexibility index (Phi) is 4.65. The van der Waals surface area contributed by atoms with E-state index < -0.39 is 0 Å². The molecule has 2 rings (SSSR count). The molecule has 0 saturated carbocycles. The number of methoxy groups -OCH3 is 2. The first-order chi connectivity index (χ1) is 10.1. The highest BCUT2D eigenvalue weighted by Gasteiger charge is 2.14. The van der Waals surface area contributed by atoms with Crippen LogP contribution in [0, 0.1) is 6.92 Å². The maximum absolute atomic E-state index is 11.8. The number of anilines is 1. The Labute approximate surface area is 121 Å². The predicted octanol–water partition coefficient (Wildman–Crippen LogP) is 2.02. The van der Waals surface area contributed by atoms with E-state index in [0.717, 1.165) is 0 Å². The molecule has 1 N–H and O–H groups in total. The fourth-order valence-corrected chi connectivity index (χ4v) is 1.70. The van der Waals surface area contributed by atoms with Gasteiger partial charge in [0.15, 0.2) is 23.9 Å². The first-order valence-corrected chi connectivity index (χ1v) is 6.21. The van der Waals surface area contributed by atoms with Crippen LogP contribution >= 0.6 is 0 Å². The van der Waals surface area contributed by atoms with Gasteiger partial charge in [-0.2, -0.15) is 0 Å². The Hall–Kier alpha value is -2.70. The standard InChI is InChI=1S/C14H16N2O5/c1-9-7-12(16-21-9)15-13(17)8-20-14-10(18-2)5-4-6-11(14)19-3/h4-7H,8H2,1-3H3,(H,15,16,17). The molecule has 0 aliphatic carbocycles. The minimum Gasteiger partial charge on any atom is -0.493 e. The molecule has 21 heavy (non-hydrogen) atoms. The number of rotatable bonds is 6. The van der Waals surface area contributed by atoms with Crippen molar-refractivity contribution in [1.29, 1.82) is 0 Å². The highest BCUT2D eigenvalue weighted by Crippen LogP contribution is 2.36. The number of ether oxygens (including phenoxy) is 3. The van der Waals surface area contributed by atoms with Gasteiger partial charge in [0.2, 0.25) is 5.75 Å². The molecule has 0 fully saturated rings. The van der Waals surface area contributed by atoms with Gasteiger partial charge in [-0.15, -0.1) is 0 Å². The second-order valence-corrected chi connectivity index (χ2v) is 4.15. The lowest BCUT2D eigenvalue weighted by Crippen LogP contribution is -2.20. The average Bonchev–Trinajstić information content (AvgIpc) is 2.89. The molecule has 7 heteroatoms. The average molecular weight is 292 g/mol. The molecular formula is C14H16N2O5. The van der Waals surface area contributed by atoms with Crippen molar-refractivity contribution >= 4 is 11.7 Å². The number of nitrogens with one attached hydrogen (secondary N) is 1. The normalized spacial score (nSPS) is 10.0. The SMILES string of the molecule is COc1cccc(OC)c1OCC(=O)Nc1cc(C)on1. The van der Waals surface area contributed by atoms with Crippen LogP contribution < -0.4 is 19.5 Å². The topological polar surface area (TPSA) is 82.8 Å². The molecule has 0 unspecified atom stereocenters. The second-order valence-electron chi connectivity index (χ2n) is 4.15. The van der Waals surface area contributed by atoms with E-state index in [1.54, 1.807) is 31.2 Å². The van der Waals surface area contributed by atoms with Gasteiger partial charge in [-0.05, 0) is 19.1 Å². The number of aromatic nitrogens is 1. The number of nitrogens with zero attached hydrogens (tertiary/aromatic N) is 1. The number of carbonyl (C=O) groups is 1. The molecule has 0 atom stereocenters. The van der Waals surface area contributed by atoms with Gasteiger partial charge in [-0.3, -0.25) is 4.79 Å². The van der Waals surface area contributed by atoms with Crippen LogP contribution in [-0.4, -0.2) is 31.9 Å². The summed E-state index contributed by atoms with van der Waals surface area (Å²) in [6, 6.07) is 6.82. The van der Waals surface area contributed by atoms with Crippen molar-refractivity contribution in [3.05, 3.63) is 30.0 Å². The van der Waals surface area contributed by atoms with E-state index in [0.29, 0.717) is 28.8 Å². The zero-order valence-electron chi connectivity index (χ0n) is 12.0. The predicted molar refractivity (Wildman–Crippen MR) is 74.9 cm³/mol. The van der Waals surface area contributed by atoms with E-state index in [2.05, 4.69) is 10.5 Å². The molecule has 0 saturated heterocycles. The Balaban J connectivity index is 2.00. The molecular weight excluding hydrogens is 276 g/mol. The molecule has 0 bridgehead atoms. The molecule has 0 aliphatic rings. The van der Waals surface area contributed by atoms with Crippen molar-refractivity contribution in [3.8, 4) is 17.2 Å². The zero-order valence-corrected chi connectivity index (χ0v) is 12.0. The minimum absolute atomic E-state index is 0.206. The van der Waals surface area contributed by atoms with Gasteiger partial charge in [0.05, 0.1) is 14.2 Å². The maximum Gasteiger partial charge on any atom is 0.263 e. The summed E-state index contributed by atoms with van der Waals surface area (Å²) in [5.74, 6) is 1.93. The summed E-state index contributed by atoms with van der Waals surface area (Å²) in [5.41, 5.74) is 0. The van der Waals surface area contributed by atoms with Crippen LogP contribution in [0.15, 0.2) is 28.8 Å². The third-order valence-corrected chi connectivity index (χ3v) is 2.63. The quantitative estimate of drug-likeness (QED) is 0.877. The molecule has 2 aromatic rings. The van der Waals surface area contributed by atoms with Crippen LogP contribution in [0.5, 0.6) is 17.2 Å². The summed E-state index contributed by atoms with van der Waals surface area (Å²) in [7, 11) is 3.03. The summed E-state index contributed by atoms with van der Waals surface area (Å²) in [4.78, 5) is 11.8. The van der Waals surface area contributed by atoms with E-state index in [-0.39, 0.29) is 12.5 Å². The van der Waals surface area contributed by atoms with Crippen LogP contribution in [0.4, 0.5) is 5.82 Å². The molecule has 7 nitrogen and oxygen atoms in total.